The lowest BCUT2D eigenvalue weighted by Crippen LogP contribution is -2.00. The molecule has 0 atom stereocenters. The van der Waals surface area contributed by atoms with Gasteiger partial charge in [-0.2, -0.15) is 0 Å². The highest BCUT2D eigenvalue weighted by atomic mass is 16.1. The van der Waals surface area contributed by atoms with E-state index in [0.717, 1.165) is 11.9 Å². The fourth-order valence-electron chi connectivity index (χ4n) is 0.652. The van der Waals surface area contributed by atoms with Crippen LogP contribution in [0.5, 0.6) is 0 Å². The fraction of sp³-hybridized carbons (Fsp3) is 0.375. The van der Waals surface area contributed by atoms with Crippen molar-refractivity contribution in [1.29, 1.82) is 0 Å². The number of hydrogen-bond acceptors (Lipinski definition) is 2. The van der Waals surface area contributed by atoms with Crippen LogP contribution in [0.25, 0.3) is 0 Å². The van der Waals surface area contributed by atoms with Crippen molar-refractivity contribution >= 4 is 6.29 Å². The monoisotopic (exact) mass is 139 g/mol. The Kier molecular flexibility index (Phi) is 3.47. The molecule has 10 heavy (non-hydrogen) atoms. The summed E-state index contributed by atoms with van der Waals surface area (Å²) in [7, 11) is 0. The molecule has 0 saturated heterocycles. The minimum absolute atomic E-state index is 0.575. The third-order valence-electron chi connectivity index (χ3n) is 1.40. The number of aldehydes is 1. The van der Waals surface area contributed by atoms with Crippen LogP contribution in [-0.4, -0.2) is 6.29 Å². The Bertz CT molecular complexity index is 185. The van der Waals surface area contributed by atoms with Crippen LogP contribution >= 0.6 is 0 Å². The molecule has 2 heteroatoms. The Balaban J connectivity index is 4.71. The van der Waals surface area contributed by atoms with Gasteiger partial charge in [-0.1, -0.05) is 6.08 Å². The van der Waals surface area contributed by atoms with Crippen LogP contribution in [0.15, 0.2) is 22.9 Å². The highest BCUT2D eigenvalue weighted by molar-refractivity contribution is 5.80. The van der Waals surface area contributed by atoms with Gasteiger partial charge in [0.2, 0.25) is 0 Å². The highest BCUT2D eigenvalue weighted by Gasteiger charge is 1.98. The van der Waals surface area contributed by atoms with Gasteiger partial charge in [-0.3, -0.25) is 4.79 Å². The lowest BCUT2D eigenvalue weighted by Gasteiger charge is -1.99. The van der Waals surface area contributed by atoms with Crippen molar-refractivity contribution in [1.82, 2.24) is 0 Å². The maximum Gasteiger partial charge on any atom is 0.152 e. The van der Waals surface area contributed by atoms with Crippen LogP contribution in [0.2, 0.25) is 0 Å². The average Bonchev–Trinajstić information content (AvgIpc) is 1.88. The molecule has 2 N–H and O–H groups in total. The second-order valence-electron chi connectivity index (χ2n) is 2.19. The van der Waals surface area contributed by atoms with E-state index in [1.807, 2.05) is 19.9 Å². The van der Waals surface area contributed by atoms with Crippen molar-refractivity contribution in [3.8, 4) is 0 Å². The fourth-order valence-corrected chi connectivity index (χ4v) is 0.652. The van der Waals surface area contributed by atoms with Crippen molar-refractivity contribution in [3.63, 3.8) is 0 Å². The summed E-state index contributed by atoms with van der Waals surface area (Å²) in [6.45, 7) is 5.46. The Hall–Kier alpha value is -1.05. The largest absolute Gasteiger partial charge is 0.402 e. The molecule has 0 aliphatic rings. The normalized spacial score (nSPS) is 14.5. The van der Waals surface area contributed by atoms with Crippen LogP contribution in [0.3, 0.4) is 0 Å². The zero-order valence-corrected chi connectivity index (χ0v) is 6.64. The molecule has 0 radical (unpaired) electrons. The number of carbonyl (C=O) groups is 1. The molecule has 0 unspecified atom stereocenters. The second kappa shape index (κ2) is 3.88. The average molecular weight is 139 g/mol. The molecule has 0 fully saturated rings. The molecule has 0 aromatic rings. The summed E-state index contributed by atoms with van der Waals surface area (Å²) < 4.78 is 0. The Labute approximate surface area is 61.4 Å². The van der Waals surface area contributed by atoms with E-state index in [9.17, 15) is 4.79 Å². The first kappa shape index (κ1) is 8.95. The number of nitrogens with two attached hydrogens (primary N) is 1. The zero-order chi connectivity index (χ0) is 8.15. The van der Waals surface area contributed by atoms with Crippen LogP contribution in [-0.2, 0) is 4.79 Å². The van der Waals surface area contributed by atoms with Crippen LogP contribution < -0.4 is 5.73 Å². The lowest BCUT2D eigenvalue weighted by atomic mass is 10.1. The molecular weight excluding hydrogens is 126 g/mol. The number of hydrogen-bond donors (Lipinski definition) is 1. The lowest BCUT2D eigenvalue weighted by molar-refractivity contribution is -0.104. The molecule has 0 aliphatic heterocycles. The van der Waals surface area contributed by atoms with E-state index >= 15 is 0 Å². The van der Waals surface area contributed by atoms with Crippen molar-refractivity contribution in [3.05, 3.63) is 22.9 Å². The second-order valence-corrected chi connectivity index (χ2v) is 2.19. The van der Waals surface area contributed by atoms with Crippen molar-refractivity contribution in [2.45, 2.75) is 20.8 Å². The summed E-state index contributed by atoms with van der Waals surface area (Å²) in [4.78, 5) is 10.4. The van der Waals surface area contributed by atoms with E-state index in [1.54, 1.807) is 6.92 Å². The molecule has 0 amide bonds. The van der Waals surface area contributed by atoms with Crippen molar-refractivity contribution in [2.24, 2.45) is 5.73 Å². The van der Waals surface area contributed by atoms with E-state index < -0.39 is 0 Å². The summed E-state index contributed by atoms with van der Waals surface area (Å²) >= 11 is 0. The Morgan fingerprint density at radius 3 is 2.00 bits per heavy atom. The quantitative estimate of drug-likeness (QED) is 0.357. The molecule has 0 spiro atoms. The standard InChI is InChI=1S/C8H13NO/c1-4-6(2)8(5-10)7(3)9/h4-5H,9H2,1-3H3/b6-4+,8-7+. The minimum atomic E-state index is 0.575. The number of allylic oxidation sites excluding steroid dienone is 4. The Morgan fingerprint density at radius 2 is 1.90 bits per heavy atom. The van der Waals surface area contributed by atoms with E-state index in [4.69, 9.17) is 5.73 Å². The van der Waals surface area contributed by atoms with Gasteiger partial charge >= 0.3 is 0 Å². The smallest absolute Gasteiger partial charge is 0.152 e. The van der Waals surface area contributed by atoms with E-state index in [0.29, 0.717) is 11.3 Å². The SMILES string of the molecule is C/C=C(C)/C(C=O)=C(\C)N. The predicted molar refractivity (Wildman–Crippen MR) is 42.4 cm³/mol. The summed E-state index contributed by atoms with van der Waals surface area (Å²) in [5, 5.41) is 0. The minimum Gasteiger partial charge on any atom is -0.402 e. The van der Waals surface area contributed by atoms with Gasteiger partial charge in [-0.15, -0.1) is 0 Å². The van der Waals surface area contributed by atoms with Gasteiger partial charge in [-0.25, -0.2) is 0 Å². The van der Waals surface area contributed by atoms with Crippen molar-refractivity contribution in [2.75, 3.05) is 0 Å². The van der Waals surface area contributed by atoms with Gasteiger partial charge in [0.05, 0.1) is 0 Å². The molecule has 0 aliphatic carbocycles. The number of rotatable bonds is 2. The molecule has 0 rings (SSSR count). The zero-order valence-electron chi connectivity index (χ0n) is 6.64. The van der Waals surface area contributed by atoms with Gasteiger partial charge in [0, 0.05) is 11.3 Å². The molecule has 0 aromatic carbocycles. The summed E-state index contributed by atoms with van der Waals surface area (Å²) in [6, 6.07) is 0. The Morgan fingerprint density at radius 1 is 1.40 bits per heavy atom. The maximum atomic E-state index is 10.4. The highest BCUT2D eigenvalue weighted by Crippen LogP contribution is 2.07. The first-order valence-electron chi connectivity index (χ1n) is 3.18. The molecule has 0 heterocycles. The van der Waals surface area contributed by atoms with Gasteiger partial charge in [0.25, 0.3) is 0 Å². The van der Waals surface area contributed by atoms with Gasteiger partial charge < -0.3 is 5.73 Å². The molecule has 2 nitrogen and oxygen atoms in total. The molecule has 56 valence electrons. The third kappa shape index (κ3) is 2.05. The van der Waals surface area contributed by atoms with Gasteiger partial charge in [0.1, 0.15) is 0 Å². The van der Waals surface area contributed by atoms with Crippen LogP contribution in [0, 0.1) is 0 Å². The van der Waals surface area contributed by atoms with E-state index in [1.165, 1.54) is 0 Å². The maximum absolute atomic E-state index is 10.4. The summed E-state index contributed by atoms with van der Waals surface area (Å²) in [5.41, 5.74) is 7.53. The molecular formula is C8H13NO. The first-order chi connectivity index (χ1) is 4.63. The summed E-state index contributed by atoms with van der Waals surface area (Å²) in [6.07, 6.45) is 2.64. The van der Waals surface area contributed by atoms with Crippen LogP contribution in [0.4, 0.5) is 0 Å². The molecule has 0 aromatic heterocycles. The van der Waals surface area contributed by atoms with Crippen LogP contribution in [0.1, 0.15) is 20.8 Å². The van der Waals surface area contributed by atoms with Crippen molar-refractivity contribution < 1.29 is 4.79 Å². The van der Waals surface area contributed by atoms with Gasteiger partial charge in [-0.05, 0) is 26.3 Å². The molecule has 0 saturated carbocycles. The van der Waals surface area contributed by atoms with E-state index in [2.05, 4.69) is 0 Å². The molecule has 0 bridgehead atoms. The predicted octanol–water partition coefficient (Wildman–Crippen LogP) is 1.38. The number of carbonyl (C=O) groups excluding carboxylic acids is 1. The summed E-state index contributed by atoms with van der Waals surface area (Å²) in [5.74, 6) is 0. The van der Waals surface area contributed by atoms with Gasteiger partial charge in [0.15, 0.2) is 6.29 Å². The first-order valence-corrected chi connectivity index (χ1v) is 3.18. The third-order valence-corrected chi connectivity index (χ3v) is 1.40. The van der Waals surface area contributed by atoms with E-state index in [-0.39, 0.29) is 0 Å². The topological polar surface area (TPSA) is 43.1 Å².